The molecule has 1 saturated heterocycles. The summed E-state index contributed by atoms with van der Waals surface area (Å²) in [4.78, 5) is 49.8. The molecular weight excluding hydrogens is 593 g/mol. The molecule has 0 spiro atoms. The summed E-state index contributed by atoms with van der Waals surface area (Å²) in [6, 6.07) is 15.6. The highest BCUT2D eigenvalue weighted by atomic mass is 35.6. The van der Waals surface area contributed by atoms with E-state index in [1.807, 2.05) is 0 Å². The molecule has 214 valence electrons. The molecule has 3 rings (SSSR count). The highest BCUT2D eigenvalue weighted by molar-refractivity contribution is 6.76. The van der Waals surface area contributed by atoms with Crippen molar-refractivity contribution in [2.45, 2.75) is 48.3 Å². The van der Waals surface area contributed by atoms with Crippen LogP contribution in [0.5, 0.6) is 0 Å². The number of halogens is 3. The molecule has 0 aliphatic carbocycles. The van der Waals surface area contributed by atoms with E-state index in [1.165, 1.54) is 24.3 Å². The average molecular weight is 617 g/mol. The highest BCUT2D eigenvalue weighted by Crippen LogP contribution is 2.34. The van der Waals surface area contributed by atoms with Crippen LogP contribution in [0.15, 0.2) is 60.7 Å². The first-order chi connectivity index (χ1) is 18.9. The van der Waals surface area contributed by atoms with E-state index in [1.54, 1.807) is 36.4 Å². The molecule has 1 aliphatic rings. The Morgan fingerprint density at radius 1 is 0.750 bits per heavy atom. The molecule has 2 aromatic rings. The van der Waals surface area contributed by atoms with Crippen molar-refractivity contribution in [2.24, 2.45) is 0 Å². The van der Waals surface area contributed by atoms with Gasteiger partial charge in [0, 0.05) is 13.8 Å². The molecule has 5 atom stereocenters. The molecule has 14 heteroatoms. The summed E-state index contributed by atoms with van der Waals surface area (Å²) in [5.74, 6) is -4.22. The molecule has 0 saturated carbocycles. The van der Waals surface area contributed by atoms with Crippen LogP contribution in [-0.2, 0) is 38.0 Å². The molecule has 1 fully saturated rings. The number of hydrogen-bond acceptors (Lipinski definition) is 11. The molecule has 0 aromatic heterocycles. The summed E-state index contributed by atoms with van der Waals surface area (Å²) in [6.07, 6.45) is -7.83. The first kappa shape index (κ1) is 31.2. The van der Waals surface area contributed by atoms with Crippen LogP contribution in [0.25, 0.3) is 0 Å². The molecule has 0 bridgehead atoms. The quantitative estimate of drug-likeness (QED) is 0.152. The minimum atomic E-state index is -2.35. The van der Waals surface area contributed by atoms with Gasteiger partial charge < -0.3 is 28.4 Å². The third-order valence-corrected chi connectivity index (χ3v) is 5.86. The predicted octanol–water partition coefficient (Wildman–Crippen LogP) is 4.02. The first-order valence-corrected chi connectivity index (χ1v) is 12.8. The van der Waals surface area contributed by atoms with Crippen molar-refractivity contribution in [3.05, 3.63) is 71.8 Å². The van der Waals surface area contributed by atoms with Crippen molar-refractivity contribution in [2.75, 3.05) is 6.61 Å². The van der Waals surface area contributed by atoms with Crippen molar-refractivity contribution in [1.82, 2.24) is 0 Å². The van der Waals surface area contributed by atoms with Gasteiger partial charge in [0.2, 0.25) is 18.3 Å². The number of alkyl halides is 3. The van der Waals surface area contributed by atoms with Gasteiger partial charge in [0.15, 0.2) is 12.2 Å². The lowest BCUT2D eigenvalue weighted by atomic mass is 9.97. The van der Waals surface area contributed by atoms with Gasteiger partial charge in [0.1, 0.15) is 12.7 Å². The van der Waals surface area contributed by atoms with Gasteiger partial charge in [-0.05, 0) is 24.3 Å². The average Bonchev–Trinajstić information content (AvgIpc) is 2.90. The lowest BCUT2D eigenvalue weighted by molar-refractivity contribution is -0.284. The molecule has 40 heavy (non-hydrogen) atoms. The maximum absolute atomic E-state index is 13.0. The lowest BCUT2D eigenvalue weighted by Gasteiger charge is -2.44. The minimum Gasteiger partial charge on any atom is -0.463 e. The van der Waals surface area contributed by atoms with Gasteiger partial charge >= 0.3 is 23.9 Å². The second-order valence-corrected chi connectivity index (χ2v) is 10.6. The van der Waals surface area contributed by atoms with Crippen LogP contribution >= 0.6 is 34.8 Å². The Balaban J connectivity index is 2.05. The molecule has 0 unspecified atom stereocenters. The molecule has 1 aliphatic heterocycles. The summed E-state index contributed by atoms with van der Waals surface area (Å²) in [7, 11) is 0. The fourth-order valence-electron chi connectivity index (χ4n) is 3.62. The van der Waals surface area contributed by atoms with Crippen LogP contribution in [0.4, 0.5) is 0 Å². The van der Waals surface area contributed by atoms with E-state index in [-0.39, 0.29) is 11.1 Å². The van der Waals surface area contributed by atoms with Gasteiger partial charge in [-0.15, -0.1) is 0 Å². The Bertz CT molecular complexity index is 1220. The summed E-state index contributed by atoms with van der Waals surface area (Å²) < 4.78 is 30.7. The van der Waals surface area contributed by atoms with E-state index in [2.05, 4.69) is 0 Å². The molecular formula is C26H24Cl3NO10. The molecule has 0 amide bonds. The number of nitrogens with one attached hydrogen (secondary N) is 1. The van der Waals surface area contributed by atoms with Gasteiger partial charge in [-0.3, -0.25) is 15.0 Å². The molecule has 11 nitrogen and oxygen atoms in total. The zero-order valence-corrected chi connectivity index (χ0v) is 23.4. The van der Waals surface area contributed by atoms with Gasteiger partial charge in [-0.2, -0.15) is 0 Å². The van der Waals surface area contributed by atoms with Crippen molar-refractivity contribution in [3.8, 4) is 0 Å². The van der Waals surface area contributed by atoms with Gasteiger partial charge in [-0.1, -0.05) is 71.2 Å². The van der Waals surface area contributed by atoms with Gasteiger partial charge in [0.25, 0.3) is 3.79 Å². The first-order valence-electron chi connectivity index (χ1n) is 11.7. The highest BCUT2D eigenvalue weighted by Gasteiger charge is 2.54. The van der Waals surface area contributed by atoms with E-state index in [0.29, 0.717) is 0 Å². The van der Waals surface area contributed by atoms with Crippen molar-refractivity contribution in [3.63, 3.8) is 0 Å². The number of esters is 4. The Morgan fingerprint density at radius 2 is 1.25 bits per heavy atom. The summed E-state index contributed by atoms with van der Waals surface area (Å²) >= 11 is 17.3. The summed E-state index contributed by atoms with van der Waals surface area (Å²) in [5, 5.41) is 8.02. The summed E-state index contributed by atoms with van der Waals surface area (Å²) in [6.45, 7) is 1.69. The van der Waals surface area contributed by atoms with E-state index >= 15 is 0 Å². The van der Waals surface area contributed by atoms with Crippen LogP contribution in [0.2, 0.25) is 0 Å². The maximum Gasteiger partial charge on any atom is 0.338 e. The Kier molecular flexibility index (Phi) is 10.7. The van der Waals surface area contributed by atoms with E-state index in [4.69, 9.17) is 68.6 Å². The lowest BCUT2D eigenvalue weighted by Crippen LogP contribution is -2.63. The predicted molar refractivity (Wildman–Crippen MR) is 141 cm³/mol. The van der Waals surface area contributed by atoms with Crippen LogP contribution in [0.1, 0.15) is 34.6 Å². The van der Waals surface area contributed by atoms with Gasteiger partial charge in [0.05, 0.1) is 11.1 Å². The number of hydrogen-bond donors (Lipinski definition) is 1. The van der Waals surface area contributed by atoms with Crippen LogP contribution < -0.4 is 0 Å². The van der Waals surface area contributed by atoms with Crippen molar-refractivity contribution in [1.29, 1.82) is 5.41 Å². The van der Waals surface area contributed by atoms with E-state index < -0.39 is 70.9 Å². The standard InChI is InChI=1S/C26H24Cl3NO10/c1-14(31)35-13-18-19(38-22(33)16-9-5-3-6-10-16)20(36-15(2)32)21(24(37-18)40-25(30)26(27,28)29)39-23(34)17-11-7-4-8-12-17/h3-12,18-21,24,30H,13H2,1-2H3/t18-,19-,20+,21+,24-/m1/s1. The molecule has 1 N–H and O–H groups in total. The second-order valence-electron chi connectivity index (χ2n) is 8.34. The fraction of sp³-hybridized carbons (Fsp3) is 0.346. The monoisotopic (exact) mass is 615 g/mol. The number of ether oxygens (including phenoxy) is 6. The van der Waals surface area contributed by atoms with Crippen LogP contribution in [0.3, 0.4) is 0 Å². The topological polar surface area (TPSA) is 148 Å². The third kappa shape index (κ3) is 8.56. The third-order valence-electron chi connectivity index (χ3n) is 5.34. The fourth-order valence-corrected chi connectivity index (χ4v) is 3.75. The Labute approximate surface area is 244 Å². The Hall–Kier alpha value is -3.38. The van der Waals surface area contributed by atoms with Crippen LogP contribution in [0, 0.1) is 5.41 Å². The zero-order chi connectivity index (χ0) is 29.4. The smallest absolute Gasteiger partial charge is 0.338 e. The molecule has 2 aromatic carbocycles. The summed E-state index contributed by atoms with van der Waals surface area (Å²) in [5.41, 5.74) is 0.253. The second kappa shape index (κ2) is 13.8. The van der Waals surface area contributed by atoms with Gasteiger partial charge in [-0.25, -0.2) is 9.59 Å². The normalized spacial score (nSPS) is 22.4. The minimum absolute atomic E-state index is 0.110. The van der Waals surface area contributed by atoms with Crippen molar-refractivity contribution < 1.29 is 47.6 Å². The SMILES string of the molecule is CC(=O)OC[C@H]1O[C@H](OC(=N)C(Cl)(Cl)Cl)[C@@H](OC(=O)c2ccccc2)[C@@H](OC(C)=O)[C@@H]1OC(=O)c1ccccc1. The van der Waals surface area contributed by atoms with Crippen LogP contribution in [-0.4, -0.2) is 70.9 Å². The van der Waals surface area contributed by atoms with E-state index in [9.17, 15) is 19.2 Å². The maximum atomic E-state index is 13.0. The number of carbonyl (C=O) groups is 4. The molecule has 0 radical (unpaired) electrons. The number of carbonyl (C=O) groups excluding carboxylic acids is 4. The Morgan fingerprint density at radius 3 is 1.70 bits per heavy atom. The number of benzene rings is 2. The van der Waals surface area contributed by atoms with E-state index in [0.717, 1.165) is 13.8 Å². The van der Waals surface area contributed by atoms with Crippen molar-refractivity contribution >= 4 is 64.6 Å². The zero-order valence-electron chi connectivity index (χ0n) is 21.1. The molecule has 1 heterocycles. The largest absolute Gasteiger partial charge is 0.463 e. The number of rotatable bonds is 8.